The molecule has 0 bridgehead atoms. The van der Waals surface area contributed by atoms with Gasteiger partial charge in [-0.25, -0.2) is 14.2 Å². The van der Waals surface area contributed by atoms with Gasteiger partial charge in [0, 0.05) is 11.8 Å². The van der Waals surface area contributed by atoms with Crippen LogP contribution in [0, 0.1) is 5.82 Å². The number of aromatic nitrogens is 1. The summed E-state index contributed by atoms with van der Waals surface area (Å²) in [6.07, 6.45) is -6.28. The topological polar surface area (TPSA) is 59.4 Å². The summed E-state index contributed by atoms with van der Waals surface area (Å²) in [5, 5.41) is 8.67. The fourth-order valence-corrected chi connectivity index (χ4v) is 2.02. The molecule has 164 valence electrons. The highest BCUT2D eigenvalue weighted by Crippen LogP contribution is 2.56. The molecule has 0 aliphatic carbocycles. The predicted molar refractivity (Wildman–Crippen MR) is 77.5 cm³/mol. The van der Waals surface area contributed by atoms with Crippen LogP contribution in [0.25, 0.3) is 0 Å². The third kappa shape index (κ3) is 3.85. The van der Waals surface area contributed by atoms with Gasteiger partial charge < -0.3 is 9.84 Å². The quantitative estimate of drug-likeness (QED) is 0.578. The molecule has 0 fully saturated rings. The maximum absolute atomic E-state index is 13.8. The number of carboxylic acid groups (broad SMARTS) is 1. The Kier molecular flexibility index (Phi) is 5.67. The minimum atomic E-state index is -7.04. The Hall–Kier alpha value is -3.06. The van der Waals surface area contributed by atoms with Crippen LogP contribution in [0.4, 0.5) is 43.9 Å². The van der Waals surface area contributed by atoms with E-state index in [2.05, 4.69) is 4.98 Å². The molecule has 0 amide bonds. The minimum Gasteiger partial charge on any atom is -0.478 e. The average molecular weight is 451 g/mol. The standard InChI is InChI=1S/C16H7F10NO3/c17-10-5-7(12(28)29)6-27-11(10)30-9-3-1-8(2-4-9)13(18,19)14(20,21)15(22,23)16(24,25)26/h1-6H,(H,28,29). The van der Waals surface area contributed by atoms with Crippen molar-refractivity contribution >= 4 is 5.97 Å². The van der Waals surface area contributed by atoms with Crippen LogP contribution in [0.2, 0.25) is 0 Å². The summed E-state index contributed by atoms with van der Waals surface area (Å²) in [6.45, 7) is 0. The van der Waals surface area contributed by atoms with Crippen molar-refractivity contribution in [2.75, 3.05) is 0 Å². The number of carbonyl (C=O) groups is 1. The molecule has 0 aliphatic rings. The Morgan fingerprint density at radius 3 is 1.87 bits per heavy atom. The lowest BCUT2D eigenvalue weighted by atomic mass is 9.97. The summed E-state index contributed by atoms with van der Waals surface area (Å²) in [4.78, 5) is 14.0. The van der Waals surface area contributed by atoms with Crippen molar-refractivity contribution in [3.63, 3.8) is 0 Å². The highest BCUT2D eigenvalue weighted by Gasteiger charge is 2.82. The molecule has 1 heterocycles. The zero-order chi connectivity index (χ0) is 23.1. The molecule has 4 nitrogen and oxygen atoms in total. The van der Waals surface area contributed by atoms with Gasteiger partial charge in [0.1, 0.15) is 5.75 Å². The highest BCUT2D eigenvalue weighted by atomic mass is 19.4. The fraction of sp³-hybridized carbons (Fsp3) is 0.250. The van der Waals surface area contributed by atoms with Crippen LogP contribution in [-0.4, -0.2) is 34.1 Å². The number of ether oxygens (including phenoxy) is 1. The van der Waals surface area contributed by atoms with Crippen LogP contribution in [0.1, 0.15) is 15.9 Å². The Morgan fingerprint density at radius 2 is 1.43 bits per heavy atom. The lowest BCUT2D eigenvalue weighted by Gasteiger charge is -2.33. The van der Waals surface area contributed by atoms with Gasteiger partial charge in [-0.05, 0) is 30.3 Å². The molecule has 1 N–H and O–H groups in total. The van der Waals surface area contributed by atoms with Crippen LogP contribution < -0.4 is 4.74 Å². The Labute approximate surface area is 159 Å². The summed E-state index contributed by atoms with van der Waals surface area (Å²) in [5.41, 5.74) is -2.47. The number of rotatable bonds is 6. The van der Waals surface area contributed by atoms with Crippen molar-refractivity contribution in [3.05, 3.63) is 53.5 Å². The number of alkyl halides is 9. The van der Waals surface area contributed by atoms with E-state index >= 15 is 0 Å². The van der Waals surface area contributed by atoms with Gasteiger partial charge in [0.25, 0.3) is 5.88 Å². The Bertz CT molecular complexity index is 941. The molecule has 0 aliphatic heterocycles. The van der Waals surface area contributed by atoms with E-state index < -0.39 is 58.5 Å². The van der Waals surface area contributed by atoms with E-state index in [1.54, 1.807) is 0 Å². The van der Waals surface area contributed by atoms with Gasteiger partial charge in [0.05, 0.1) is 5.56 Å². The molecule has 0 spiro atoms. The molecule has 14 heteroatoms. The van der Waals surface area contributed by atoms with Gasteiger partial charge in [-0.15, -0.1) is 0 Å². The van der Waals surface area contributed by atoms with Gasteiger partial charge in [0.2, 0.25) is 0 Å². The number of benzene rings is 1. The van der Waals surface area contributed by atoms with Crippen molar-refractivity contribution in [3.8, 4) is 11.6 Å². The zero-order valence-electron chi connectivity index (χ0n) is 14.0. The summed E-state index contributed by atoms with van der Waals surface area (Å²) in [5.74, 6) is -24.1. The molecule has 0 saturated heterocycles. The normalized spacial score (nSPS) is 13.3. The van der Waals surface area contributed by atoms with Crippen LogP contribution >= 0.6 is 0 Å². The molecule has 0 unspecified atom stereocenters. The van der Waals surface area contributed by atoms with Crippen molar-refractivity contribution in [2.45, 2.75) is 23.9 Å². The summed E-state index contributed by atoms with van der Waals surface area (Å²) >= 11 is 0. The molecule has 30 heavy (non-hydrogen) atoms. The van der Waals surface area contributed by atoms with Gasteiger partial charge in [-0.3, -0.25) is 0 Å². The molecule has 0 saturated carbocycles. The van der Waals surface area contributed by atoms with Crippen LogP contribution in [0.15, 0.2) is 36.5 Å². The molecular weight excluding hydrogens is 444 g/mol. The van der Waals surface area contributed by atoms with Crippen LogP contribution in [-0.2, 0) is 5.92 Å². The summed E-state index contributed by atoms with van der Waals surface area (Å²) in [6, 6.07) is 1.54. The Morgan fingerprint density at radius 1 is 0.900 bits per heavy atom. The number of carboxylic acids is 1. The number of nitrogens with zero attached hydrogens (tertiary/aromatic N) is 1. The number of hydrogen-bond acceptors (Lipinski definition) is 3. The van der Waals surface area contributed by atoms with Crippen molar-refractivity contribution in [1.29, 1.82) is 0 Å². The number of pyridine rings is 1. The third-order valence-electron chi connectivity index (χ3n) is 3.63. The number of hydrogen-bond donors (Lipinski definition) is 1. The van der Waals surface area contributed by atoms with Gasteiger partial charge in [0.15, 0.2) is 5.82 Å². The van der Waals surface area contributed by atoms with Gasteiger partial charge in [-0.1, -0.05) is 0 Å². The smallest absolute Gasteiger partial charge is 0.460 e. The molecule has 0 atom stereocenters. The van der Waals surface area contributed by atoms with Crippen LogP contribution in [0.3, 0.4) is 0 Å². The number of halogens is 10. The van der Waals surface area contributed by atoms with Crippen molar-refractivity contribution in [1.82, 2.24) is 4.98 Å². The first kappa shape index (κ1) is 23.2. The second-order valence-electron chi connectivity index (χ2n) is 5.66. The molecular formula is C16H7F10NO3. The van der Waals surface area contributed by atoms with E-state index in [0.29, 0.717) is 24.4 Å². The lowest BCUT2D eigenvalue weighted by molar-refractivity contribution is -0.399. The third-order valence-corrected chi connectivity index (χ3v) is 3.63. The average Bonchev–Trinajstić information content (AvgIpc) is 2.62. The maximum atomic E-state index is 13.8. The first-order chi connectivity index (χ1) is 13.5. The first-order valence-electron chi connectivity index (χ1n) is 7.39. The second-order valence-corrected chi connectivity index (χ2v) is 5.66. The molecule has 1 aromatic carbocycles. The molecule has 1 aromatic heterocycles. The molecule has 2 rings (SSSR count). The Balaban J connectivity index is 2.31. The monoisotopic (exact) mass is 451 g/mol. The summed E-state index contributed by atoms with van der Waals surface area (Å²) in [7, 11) is 0. The van der Waals surface area contributed by atoms with E-state index in [-0.39, 0.29) is 12.1 Å². The lowest BCUT2D eigenvalue weighted by Crippen LogP contribution is -2.59. The van der Waals surface area contributed by atoms with E-state index in [0.717, 1.165) is 0 Å². The molecule has 2 aromatic rings. The van der Waals surface area contributed by atoms with Gasteiger partial charge >= 0.3 is 29.9 Å². The minimum absolute atomic E-state index is 0.0687. The zero-order valence-corrected chi connectivity index (χ0v) is 14.0. The van der Waals surface area contributed by atoms with E-state index in [4.69, 9.17) is 9.84 Å². The van der Waals surface area contributed by atoms with E-state index in [1.165, 1.54) is 0 Å². The molecule has 0 radical (unpaired) electrons. The SMILES string of the molecule is O=C(O)c1cnc(Oc2ccc(C(F)(F)C(F)(F)C(F)(F)C(F)(F)F)cc2)c(F)c1. The maximum Gasteiger partial charge on any atom is 0.460 e. The van der Waals surface area contributed by atoms with Crippen molar-refractivity contribution in [2.24, 2.45) is 0 Å². The van der Waals surface area contributed by atoms with Crippen molar-refractivity contribution < 1.29 is 58.5 Å². The van der Waals surface area contributed by atoms with E-state index in [9.17, 15) is 48.7 Å². The first-order valence-corrected chi connectivity index (χ1v) is 7.39. The highest BCUT2D eigenvalue weighted by molar-refractivity contribution is 5.87. The number of aromatic carboxylic acids is 1. The van der Waals surface area contributed by atoms with E-state index in [1.807, 2.05) is 0 Å². The van der Waals surface area contributed by atoms with Gasteiger partial charge in [-0.2, -0.15) is 39.5 Å². The second kappa shape index (κ2) is 7.32. The summed E-state index contributed by atoms with van der Waals surface area (Å²) < 4.78 is 135. The fourth-order valence-electron chi connectivity index (χ4n) is 2.02. The van der Waals surface area contributed by atoms with Crippen LogP contribution in [0.5, 0.6) is 11.6 Å². The predicted octanol–water partition coefficient (Wildman–Crippen LogP) is 5.64. The largest absolute Gasteiger partial charge is 0.478 e.